The van der Waals surface area contributed by atoms with Crippen LogP contribution in [0, 0.1) is 28.9 Å². The Morgan fingerprint density at radius 2 is 1.44 bits per heavy atom. The Labute approximate surface area is 246 Å². The Morgan fingerprint density at radius 1 is 0.860 bits per heavy atom. The van der Waals surface area contributed by atoms with Crippen LogP contribution < -0.4 is 4.74 Å². The Balaban J connectivity index is 1.38. The summed E-state index contributed by atoms with van der Waals surface area (Å²) in [6.07, 6.45) is 2.59. The number of imide groups is 1. The molecule has 0 N–H and O–H groups in total. The predicted octanol–water partition coefficient (Wildman–Crippen LogP) is 4.70. The van der Waals surface area contributed by atoms with Gasteiger partial charge in [-0.15, -0.1) is 0 Å². The Kier molecular flexibility index (Phi) is 7.98. The highest BCUT2D eigenvalue weighted by molar-refractivity contribution is 6.10. The number of ketones is 1. The van der Waals surface area contributed by atoms with Crippen LogP contribution in [0.2, 0.25) is 0 Å². The first kappa shape index (κ1) is 29.1. The van der Waals surface area contributed by atoms with Crippen LogP contribution in [-0.2, 0) is 9.59 Å². The molecule has 11 nitrogen and oxygen atoms in total. The second-order valence-corrected chi connectivity index (χ2v) is 10.6. The van der Waals surface area contributed by atoms with E-state index in [0.717, 1.165) is 33.3 Å². The summed E-state index contributed by atoms with van der Waals surface area (Å²) >= 11 is 0. The van der Waals surface area contributed by atoms with Gasteiger partial charge in [-0.2, -0.15) is 5.01 Å². The summed E-state index contributed by atoms with van der Waals surface area (Å²) in [6.45, 7) is 3.11. The van der Waals surface area contributed by atoms with E-state index in [9.17, 15) is 34.1 Å². The predicted molar refractivity (Wildman–Crippen MR) is 153 cm³/mol. The molecular weight excluding hydrogens is 554 g/mol. The number of allylic oxidation sites excluding steroid dienone is 2. The number of amides is 3. The number of rotatable bonds is 8. The zero-order valence-corrected chi connectivity index (χ0v) is 23.4. The minimum Gasteiger partial charge on any atom is -0.423 e. The van der Waals surface area contributed by atoms with Crippen molar-refractivity contribution in [2.45, 2.75) is 26.7 Å². The van der Waals surface area contributed by atoms with Crippen LogP contribution in [0.1, 0.15) is 56.4 Å². The first-order valence-corrected chi connectivity index (χ1v) is 13.5. The average Bonchev–Trinajstić information content (AvgIpc) is 3.24. The van der Waals surface area contributed by atoms with E-state index in [4.69, 9.17) is 4.74 Å². The zero-order chi connectivity index (χ0) is 30.8. The van der Waals surface area contributed by atoms with Crippen molar-refractivity contribution in [2.24, 2.45) is 11.8 Å². The molecule has 0 unspecified atom stereocenters. The molecular formula is C32H27N3O8. The minimum atomic E-state index is -0.836. The van der Waals surface area contributed by atoms with Gasteiger partial charge >= 0.3 is 5.97 Å². The maximum atomic E-state index is 13.7. The molecule has 43 heavy (non-hydrogen) atoms. The largest absolute Gasteiger partial charge is 0.423 e. The van der Waals surface area contributed by atoms with Crippen LogP contribution in [0.15, 0.2) is 84.4 Å². The average molecular weight is 582 g/mol. The van der Waals surface area contributed by atoms with Crippen molar-refractivity contribution < 1.29 is 33.6 Å². The molecule has 3 amide bonds. The number of nitrogens with zero attached hydrogens (tertiary/aromatic N) is 3. The molecule has 2 atom stereocenters. The van der Waals surface area contributed by atoms with Gasteiger partial charge in [-0.3, -0.25) is 29.3 Å². The van der Waals surface area contributed by atoms with Crippen molar-refractivity contribution in [2.75, 3.05) is 6.54 Å². The number of nitro groups is 1. The van der Waals surface area contributed by atoms with E-state index >= 15 is 0 Å². The van der Waals surface area contributed by atoms with Crippen molar-refractivity contribution in [3.05, 3.63) is 117 Å². The minimum absolute atomic E-state index is 0.0402. The molecule has 1 aliphatic heterocycles. The Bertz CT molecular complexity index is 1660. The molecule has 1 heterocycles. The van der Waals surface area contributed by atoms with Crippen LogP contribution in [0.5, 0.6) is 5.75 Å². The van der Waals surface area contributed by atoms with E-state index in [2.05, 4.69) is 0 Å². The van der Waals surface area contributed by atoms with Crippen LogP contribution in [0.3, 0.4) is 0 Å². The third kappa shape index (κ3) is 5.96. The lowest BCUT2D eigenvalue weighted by atomic mass is 9.82. The number of carbonyl (C=O) groups excluding carboxylic acids is 5. The third-order valence-corrected chi connectivity index (χ3v) is 7.57. The van der Waals surface area contributed by atoms with Gasteiger partial charge in [0.15, 0.2) is 5.78 Å². The van der Waals surface area contributed by atoms with Gasteiger partial charge in [-0.25, -0.2) is 9.80 Å². The van der Waals surface area contributed by atoms with E-state index in [1.807, 2.05) is 19.9 Å². The van der Waals surface area contributed by atoms with E-state index in [1.54, 1.807) is 24.3 Å². The van der Waals surface area contributed by atoms with Gasteiger partial charge in [0.1, 0.15) is 12.3 Å². The molecule has 1 saturated heterocycles. The first-order chi connectivity index (χ1) is 20.5. The molecule has 5 rings (SSSR count). The second-order valence-electron chi connectivity index (χ2n) is 10.6. The molecule has 1 fully saturated rings. The fraction of sp³-hybridized carbons (Fsp3) is 0.219. The normalized spacial score (nSPS) is 17.6. The van der Waals surface area contributed by atoms with Crippen LogP contribution in [0.25, 0.3) is 0 Å². The number of esters is 1. The van der Waals surface area contributed by atoms with Gasteiger partial charge in [0.05, 0.1) is 22.3 Å². The van der Waals surface area contributed by atoms with Gasteiger partial charge in [0.2, 0.25) is 0 Å². The maximum Gasteiger partial charge on any atom is 0.343 e. The number of hydrazine groups is 1. The number of ether oxygens (including phenoxy) is 1. The molecule has 0 bridgehead atoms. The van der Waals surface area contributed by atoms with Crippen molar-refractivity contribution >= 4 is 35.2 Å². The summed E-state index contributed by atoms with van der Waals surface area (Å²) in [5, 5.41) is 12.7. The molecule has 11 heteroatoms. The van der Waals surface area contributed by atoms with Gasteiger partial charge in [0, 0.05) is 23.3 Å². The number of nitro benzene ring substituents is 1. The molecule has 0 radical (unpaired) electrons. The molecule has 218 valence electrons. The first-order valence-electron chi connectivity index (χ1n) is 13.5. The van der Waals surface area contributed by atoms with E-state index < -0.39 is 52.8 Å². The van der Waals surface area contributed by atoms with Gasteiger partial charge in [0.25, 0.3) is 23.4 Å². The molecule has 2 aliphatic rings. The Hall–Kier alpha value is -5.45. The van der Waals surface area contributed by atoms with E-state index in [0.29, 0.717) is 18.4 Å². The van der Waals surface area contributed by atoms with E-state index in [1.165, 1.54) is 36.4 Å². The fourth-order valence-electron chi connectivity index (χ4n) is 5.16. The monoisotopic (exact) mass is 581 g/mol. The van der Waals surface area contributed by atoms with Crippen molar-refractivity contribution in [1.29, 1.82) is 0 Å². The summed E-state index contributed by atoms with van der Waals surface area (Å²) in [5.74, 6) is -4.27. The van der Waals surface area contributed by atoms with Crippen LogP contribution in [0.4, 0.5) is 5.69 Å². The number of Topliss-reactive ketones (excluding diaryl/α,β-unsaturated/α-hetero) is 1. The topological polar surface area (TPSA) is 144 Å². The fourth-order valence-corrected chi connectivity index (χ4v) is 5.16. The quantitative estimate of drug-likeness (QED) is 0.0708. The van der Waals surface area contributed by atoms with Crippen molar-refractivity contribution in [3.8, 4) is 5.75 Å². The molecule has 0 saturated carbocycles. The molecule has 3 aromatic rings. The highest BCUT2D eigenvalue weighted by Gasteiger charge is 2.51. The SMILES string of the molecule is CC1=CC[C@H]2C(=O)N(N(CC(=O)c3ccc(OC(=O)c4ccc(C)cc4)cc3)C(=O)c3ccc([N+](=O)[O-])cc3)C(=O)[C@H]2C1. The lowest BCUT2D eigenvalue weighted by molar-refractivity contribution is -0.384. The number of non-ortho nitro benzene ring substituents is 1. The molecule has 1 aliphatic carbocycles. The number of hydrogen-bond donors (Lipinski definition) is 0. The summed E-state index contributed by atoms with van der Waals surface area (Å²) in [5.41, 5.74) is 2.16. The van der Waals surface area contributed by atoms with Gasteiger partial charge in [-0.1, -0.05) is 29.3 Å². The Morgan fingerprint density at radius 3 is 2.07 bits per heavy atom. The standard InChI is InChI=1S/C32H27N3O8/c1-19-3-6-23(7-4-19)32(40)43-25-14-10-21(11-15-25)28(36)18-33(29(37)22-8-12-24(13-9-22)35(41)42)34-30(38)26-16-5-20(2)17-27(26)31(34)39/h3-15,26-27H,16-18H2,1-2H3/t26-,27+/m1/s1. The second kappa shape index (κ2) is 11.8. The lowest BCUT2D eigenvalue weighted by Gasteiger charge is -2.30. The van der Waals surface area contributed by atoms with Crippen molar-refractivity contribution in [3.63, 3.8) is 0 Å². The van der Waals surface area contributed by atoms with Crippen LogP contribution >= 0.6 is 0 Å². The van der Waals surface area contributed by atoms with E-state index in [-0.39, 0.29) is 22.6 Å². The molecule has 0 aromatic heterocycles. The summed E-state index contributed by atoms with van der Waals surface area (Å²) < 4.78 is 5.39. The highest BCUT2D eigenvalue weighted by Crippen LogP contribution is 2.38. The van der Waals surface area contributed by atoms with Crippen molar-refractivity contribution in [1.82, 2.24) is 10.0 Å². The summed E-state index contributed by atoms with van der Waals surface area (Å²) in [6, 6.07) is 17.2. The molecule has 0 spiro atoms. The smallest absolute Gasteiger partial charge is 0.343 e. The van der Waals surface area contributed by atoms with Gasteiger partial charge in [-0.05, 0) is 75.2 Å². The number of benzene rings is 3. The third-order valence-electron chi connectivity index (χ3n) is 7.57. The van der Waals surface area contributed by atoms with Crippen LogP contribution in [-0.4, -0.2) is 51.0 Å². The summed E-state index contributed by atoms with van der Waals surface area (Å²) in [7, 11) is 0. The number of fused-ring (bicyclic) bond motifs is 1. The highest BCUT2D eigenvalue weighted by atomic mass is 16.6. The summed E-state index contributed by atoms with van der Waals surface area (Å²) in [4.78, 5) is 76.8. The zero-order valence-electron chi connectivity index (χ0n) is 23.4. The number of hydrogen-bond acceptors (Lipinski definition) is 8. The maximum absolute atomic E-state index is 13.7. The molecule has 3 aromatic carbocycles. The number of carbonyl (C=O) groups is 5. The number of aryl methyl sites for hydroxylation is 1. The van der Waals surface area contributed by atoms with Gasteiger partial charge < -0.3 is 4.74 Å². The lowest BCUT2D eigenvalue weighted by Crippen LogP contribution is -2.52.